The number of hydrogen-bond donors (Lipinski definition) is 0. The van der Waals surface area contributed by atoms with Crippen LogP contribution >= 0.6 is 0 Å². The first-order valence-corrected chi connectivity index (χ1v) is 6.10. The Hall–Kier alpha value is -2.73. The topological polar surface area (TPSA) is 35.5 Å². The summed E-state index contributed by atoms with van der Waals surface area (Å²) in [5.74, 6) is 2.47. The Morgan fingerprint density at radius 3 is 2.60 bits per heavy atom. The van der Waals surface area contributed by atoms with Crippen LogP contribution in [0.25, 0.3) is 0 Å². The highest BCUT2D eigenvalue weighted by molar-refractivity contribution is 5.92. The van der Waals surface area contributed by atoms with Gasteiger partial charge in [0.05, 0.1) is 7.11 Å². The van der Waals surface area contributed by atoms with Gasteiger partial charge in [0, 0.05) is 5.56 Å². The lowest BCUT2D eigenvalue weighted by Gasteiger charge is -2.10. The number of hydrogen-bond acceptors (Lipinski definition) is 3. The number of methoxy groups -OCH3 is 1. The molecule has 0 aliphatic carbocycles. The molecule has 0 aromatic heterocycles. The minimum Gasteiger partial charge on any atom is -0.488 e. The number of ether oxygens (including phenoxy) is 2. The fourth-order valence-corrected chi connectivity index (χ4v) is 1.75. The molecule has 0 aliphatic heterocycles. The van der Waals surface area contributed by atoms with Crippen LogP contribution in [0.15, 0.2) is 48.5 Å². The Bertz CT molecular complexity index is 639. The third kappa shape index (κ3) is 3.18. The van der Waals surface area contributed by atoms with Crippen molar-refractivity contribution in [2.45, 2.75) is 6.61 Å². The molecule has 0 radical (unpaired) electrons. The molecule has 0 bridgehead atoms. The standard InChI is InChI=1S/C17H14O3/c1-3-13-9-10-16(15(11-13)17(18)19-2)20-12-14-7-5-4-6-8-14/h1,4-11H,12H2,2H3. The van der Waals surface area contributed by atoms with E-state index in [1.165, 1.54) is 7.11 Å². The molecule has 0 N–H and O–H groups in total. The van der Waals surface area contributed by atoms with Crippen molar-refractivity contribution in [3.05, 3.63) is 65.2 Å². The zero-order valence-electron chi connectivity index (χ0n) is 11.1. The molecule has 0 aliphatic rings. The van der Waals surface area contributed by atoms with Gasteiger partial charge < -0.3 is 9.47 Å². The summed E-state index contributed by atoms with van der Waals surface area (Å²) in [5, 5.41) is 0. The molecule has 3 heteroatoms. The van der Waals surface area contributed by atoms with E-state index in [0.29, 0.717) is 23.5 Å². The number of benzene rings is 2. The Kier molecular flexibility index (Phi) is 4.41. The molecule has 2 rings (SSSR count). The van der Waals surface area contributed by atoms with Gasteiger partial charge in [0.2, 0.25) is 0 Å². The molecule has 20 heavy (non-hydrogen) atoms. The maximum Gasteiger partial charge on any atom is 0.341 e. The summed E-state index contributed by atoms with van der Waals surface area (Å²) in [6.45, 7) is 0.375. The molecule has 3 nitrogen and oxygen atoms in total. The number of rotatable bonds is 4. The average molecular weight is 266 g/mol. The van der Waals surface area contributed by atoms with Gasteiger partial charge in [-0.15, -0.1) is 6.42 Å². The van der Waals surface area contributed by atoms with E-state index in [0.717, 1.165) is 5.56 Å². The van der Waals surface area contributed by atoms with Crippen molar-refractivity contribution in [2.75, 3.05) is 7.11 Å². The number of esters is 1. The molecule has 0 fully saturated rings. The molecule has 0 amide bonds. The lowest BCUT2D eigenvalue weighted by atomic mass is 10.1. The van der Waals surface area contributed by atoms with Crippen molar-refractivity contribution in [3.63, 3.8) is 0 Å². The highest BCUT2D eigenvalue weighted by Crippen LogP contribution is 2.22. The van der Waals surface area contributed by atoms with E-state index in [-0.39, 0.29) is 0 Å². The monoisotopic (exact) mass is 266 g/mol. The van der Waals surface area contributed by atoms with Crippen molar-refractivity contribution in [1.82, 2.24) is 0 Å². The first kappa shape index (κ1) is 13.7. The average Bonchev–Trinajstić information content (AvgIpc) is 2.53. The van der Waals surface area contributed by atoms with E-state index in [4.69, 9.17) is 15.9 Å². The van der Waals surface area contributed by atoms with E-state index >= 15 is 0 Å². The molecular weight excluding hydrogens is 252 g/mol. The molecule has 2 aromatic rings. The van der Waals surface area contributed by atoms with Crippen LogP contribution < -0.4 is 4.74 Å². The van der Waals surface area contributed by atoms with Crippen LogP contribution in [0.5, 0.6) is 5.75 Å². The van der Waals surface area contributed by atoms with Gasteiger partial charge in [-0.05, 0) is 23.8 Å². The molecular formula is C17H14O3. The maximum atomic E-state index is 11.7. The van der Waals surface area contributed by atoms with Crippen LogP contribution in [-0.4, -0.2) is 13.1 Å². The van der Waals surface area contributed by atoms with Crippen molar-refractivity contribution in [3.8, 4) is 18.1 Å². The number of terminal acetylenes is 1. The smallest absolute Gasteiger partial charge is 0.341 e. The summed E-state index contributed by atoms with van der Waals surface area (Å²) in [5.41, 5.74) is 1.96. The molecule has 0 heterocycles. The Morgan fingerprint density at radius 1 is 1.20 bits per heavy atom. The quantitative estimate of drug-likeness (QED) is 0.630. The second kappa shape index (κ2) is 6.44. The highest BCUT2D eigenvalue weighted by atomic mass is 16.5. The molecule has 0 unspecified atom stereocenters. The van der Waals surface area contributed by atoms with Crippen LogP contribution in [0.4, 0.5) is 0 Å². The van der Waals surface area contributed by atoms with Gasteiger partial charge in [-0.3, -0.25) is 0 Å². The van der Waals surface area contributed by atoms with E-state index in [1.807, 2.05) is 30.3 Å². The first-order chi connectivity index (χ1) is 9.74. The molecule has 2 aromatic carbocycles. The zero-order valence-corrected chi connectivity index (χ0v) is 11.1. The highest BCUT2D eigenvalue weighted by Gasteiger charge is 2.13. The predicted octanol–water partition coefficient (Wildman–Crippen LogP) is 3.03. The summed E-state index contributed by atoms with van der Waals surface area (Å²) >= 11 is 0. The van der Waals surface area contributed by atoms with Crippen LogP contribution in [0.1, 0.15) is 21.5 Å². The van der Waals surface area contributed by atoms with Crippen molar-refractivity contribution < 1.29 is 14.3 Å². The summed E-state index contributed by atoms with van der Waals surface area (Å²) < 4.78 is 10.4. The van der Waals surface area contributed by atoms with E-state index < -0.39 is 5.97 Å². The molecule has 0 saturated carbocycles. The maximum absolute atomic E-state index is 11.7. The zero-order chi connectivity index (χ0) is 14.4. The third-order valence-corrected chi connectivity index (χ3v) is 2.79. The molecule has 100 valence electrons. The van der Waals surface area contributed by atoms with Crippen LogP contribution in [0, 0.1) is 12.3 Å². The van der Waals surface area contributed by atoms with E-state index in [2.05, 4.69) is 5.92 Å². The van der Waals surface area contributed by atoms with Crippen molar-refractivity contribution in [2.24, 2.45) is 0 Å². The Balaban J connectivity index is 2.23. The summed E-state index contributed by atoms with van der Waals surface area (Å²) in [7, 11) is 1.33. The lowest BCUT2D eigenvalue weighted by Crippen LogP contribution is -2.06. The van der Waals surface area contributed by atoms with Crippen LogP contribution in [0.3, 0.4) is 0 Å². The Morgan fingerprint density at radius 2 is 1.95 bits per heavy atom. The summed E-state index contributed by atoms with van der Waals surface area (Å²) in [4.78, 5) is 11.7. The van der Waals surface area contributed by atoms with E-state index in [1.54, 1.807) is 18.2 Å². The SMILES string of the molecule is C#Cc1ccc(OCc2ccccc2)c(C(=O)OC)c1. The fourth-order valence-electron chi connectivity index (χ4n) is 1.75. The minimum atomic E-state index is -0.467. The molecule has 0 atom stereocenters. The van der Waals surface area contributed by atoms with Gasteiger partial charge in [0.1, 0.15) is 17.9 Å². The van der Waals surface area contributed by atoms with Gasteiger partial charge >= 0.3 is 5.97 Å². The van der Waals surface area contributed by atoms with Gasteiger partial charge in [-0.1, -0.05) is 36.3 Å². The second-order valence-electron chi connectivity index (χ2n) is 4.12. The normalized spacial score (nSPS) is 9.60. The summed E-state index contributed by atoms with van der Waals surface area (Å²) in [6.07, 6.45) is 5.33. The van der Waals surface area contributed by atoms with Crippen molar-refractivity contribution in [1.29, 1.82) is 0 Å². The van der Waals surface area contributed by atoms with Crippen LogP contribution in [-0.2, 0) is 11.3 Å². The van der Waals surface area contributed by atoms with Crippen molar-refractivity contribution >= 4 is 5.97 Å². The van der Waals surface area contributed by atoms with Gasteiger partial charge in [0.25, 0.3) is 0 Å². The summed E-state index contributed by atoms with van der Waals surface area (Å²) in [6, 6.07) is 14.7. The minimum absolute atomic E-state index is 0.332. The fraction of sp³-hybridized carbons (Fsp3) is 0.118. The molecule has 0 spiro atoms. The number of carbonyl (C=O) groups excluding carboxylic acids is 1. The lowest BCUT2D eigenvalue weighted by molar-refractivity contribution is 0.0595. The third-order valence-electron chi connectivity index (χ3n) is 2.79. The second-order valence-corrected chi connectivity index (χ2v) is 4.12. The predicted molar refractivity (Wildman–Crippen MR) is 76.5 cm³/mol. The van der Waals surface area contributed by atoms with Gasteiger partial charge in [-0.2, -0.15) is 0 Å². The van der Waals surface area contributed by atoms with E-state index in [9.17, 15) is 4.79 Å². The molecule has 0 saturated heterocycles. The number of carbonyl (C=O) groups is 1. The van der Waals surface area contributed by atoms with Crippen LogP contribution in [0.2, 0.25) is 0 Å². The van der Waals surface area contributed by atoms with Gasteiger partial charge in [-0.25, -0.2) is 4.79 Å². The van der Waals surface area contributed by atoms with Gasteiger partial charge in [0.15, 0.2) is 0 Å². The Labute approximate surface area is 118 Å². The largest absolute Gasteiger partial charge is 0.488 e. The first-order valence-electron chi connectivity index (χ1n) is 6.10.